The Kier molecular flexibility index (Phi) is 4.48. The van der Waals surface area contributed by atoms with Crippen molar-refractivity contribution in [1.29, 1.82) is 0 Å². The fourth-order valence-corrected chi connectivity index (χ4v) is 3.57. The quantitative estimate of drug-likeness (QED) is 0.636. The van der Waals surface area contributed by atoms with Gasteiger partial charge in [-0.05, 0) is 61.6 Å². The Hall–Kier alpha value is -1.19. The Morgan fingerprint density at radius 1 is 1.25 bits per heavy atom. The number of rotatable bonds is 6. The van der Waals surface area contributed by atoms with Gasteiger partial charge in [0.15, 0.2) is 0 Å². The number of nitrogens with one attached hydrogen (secondary N) is 1. The second kappa shape index (κ2) is 6.51. The van der Waals surface area contributed by atoms with Crippen molar-refractivity contribution in [3.05, 3.63) is 53.5 Å². The van der Waals surface area contributed by atoms with Gasteiger partial charge < -0.3 is 9.73 Å². The van der Waals surface area contributed by atoms with Crippen LogP contribution in [0.5, 0.6) is 0 Å². The number of hydrogen-bond donors (Lipinski definition) is 1. The van der Waals surface area contributed by atoms with E-state index in [-0.39, 0.29) is 6.04 Å². The van der Waals surface area contributed by atoms with E-state index in [1.54, 1.807) is 17.4 Å². The fraction of sp³-hybridized carbons (Fsp3) is 0.412. The van der Waals surface area contributed by atoms with E-state index in [0.717, 1.165) is 18.1 Å². The summed E-state index contributed by atoms with van der Waals surface area (Å²) in [5.74, 6) is 2.09. The zero-order valence-corrected chi connectivity index (χ0v) is 12.7. The van der Waals surface area contributed by atoms with E-state index in [1.807, 2.05) is 23.9 Å². The third kappa shape index (κ3) is 3.28. The molecule has 0 radical (unpaired) electrons. The molecule has 1 N–H and O–H groups in total. The van der Waals surface area contributed by atoms with Gasteiger partial charge in [-0.25, -0.2) is 0 Å². The summed E-state index contributed by atoms with van der Waals surface area (Å²) in [4.78, 5) is 1.40. The number of furan rings is 1. The van der Waals surface area contributed by atoms with E-state index in [4.69, 9.17) is 4.42 Å². The summed E-state index contributed by atoms with van der Waals surface area (Å²) >= 11 is 1.93. The lowest BCUT2D eigenvalue weighted by atomic mass is 10.1. The minimum atomic E-state index is 0.283. The predicted octanol–water partition coefficient (Wildman–Crippen LogP) is 4.21. The lowest BCUT2D eigenvalue weighted by Crippen LogP contribution is -2.20. The minimum absolute atomic E-state index is 0.283. The zero-order valence-electron chi connectivity index (χ0n) is 11.9. The highest BCUT2D eigenvalue weighted by molar-refractivity contribution is 7.99. The molecule has 3 rings (SSSR count). The Balaban J connectivity index is 1.44. The number of fused-ring (bicyclic) bond motifs is 1. The molecular formula is C17H21NOS. The summed E-state index contributed by atoms with van der Waals surface area (Å²) in [7, 11) is 0. The smallest absolute Gasteiger partial charge is 0.120 e. The molecule has 1 atom stereocenters. The highest BCUT2D eigenvalue weighted by Crippen LogP contribution is 2.27. The first-order chi connectivity index (χ1) is 9.83. The molecule has 0 bridgehead atoms. The van der Waals surface area contributed by atoms with Crippen molar-refractivity contribution in [3.63, 3.8) is 0 Å². The molecular weight excluding hydrogens is 266 g/mol. The Morgan fingerprint density at radius 2 is 2.15 bits per heavy atom. The molecule has 1 aliphatic rings. The Bertz CT molecular complexity index is 550. The lowest BCUT2D eigenvalue weighted by molar-refractivity contribution is 0.438. The van der Waals surface area contributed by atoms with Crippen molar-refractivity contribution in [2.24, 2.45) is 0 Å². The van der Waals surface area contributed by atoms with E-state index >= 15 is 0 Å². The minimum Gasteiger partial charge on any atom is -0.468 e. The maximum absolute atomic E-state index is 5.39. The van der Waals surface area contributed by atoms with E-state index in [0.29, 0.717) is 0 Å². The SMILES string of the molecule is CC(NCCSc1ccc2c(c1)CCC2)c1ccco1. The van der Waals surface area contributed by atoms with Crippen LogP contribution in [0.3, 0.4) is 0 Å². The number of benzene rings is 1. The molecule has 1 aliphatic carbocycles. The summed E-state index contributed by atoms with van der Waals surface area (Å²) in [6.07, 6.45) is 5.58. The molecule has 3 heteroatoms. The topological polar surface area (TPSA) is 25.2 Å². The van der Waals surface area contributed by atoms with Gasteiger partial charge in [0.25, 0.3) is 0 Å². The number of thioether (sulfide) groups is 1. The van der Waals surface area contributed by atoms with Crippen LogP contribution in [-0.2, 0) is 12.8 Å². The predicted molar refractivity (Wildman–Crippen MR) is 84.3 cm³/mol. The van der Waals surface area contributed by atoms with Gasteiger partial charge in [0.05, 0.1) is 12.3 Å². The fourth-order valence-electron chi connectivity index (χ4n) is 2.72. The van der Waals surface area contributed by atoms with Gasteiger partial charge >= 0.3 is 0 Å². The van der Waals surface area contributed by atoms with Crippen LogP contribution in [-0.4, -0.2) is 12.3 Å². The highest BCUT2D eigenvalue weighted by Gasteiger charge is 2.11. The normalized spacial score (nSPS) is 15.2. The van der Waals surface area contributed by atoms with E-state index in [2.05, 4.69) is 30.4 Å². The molecule has 20 heavy (non-hydrogen) atoms. The summed E-state index contributed by atoms with van der Waals surface area (Å²) < 4.78 is 5.39. The van der Waals surface area contributed by atoms with Crippen molar-refractivity contribution in [3.8, 4) is 0 Å². The second-order valence-corrected chi connectivity index (χ2v) is 6.49. The van der Waals surface area contributed by atoms with Gasteiger partial charge in [0, 0.05) is 17.2 Å². The van der Waals surface area contributed by atoms with E-state index in [1.165, 1.54) is 24.2 Å². The monoisotopic (exact) mass is 287 g/mol. The van der Waals surface area contributed by atoms with Crippen molar-refractivity contribution in [1.82, 2.24) is 5.32 Å². The van der Waals surface area contributed by atoms with Crippen LogP contribution in [0.2, 0.25) is 0 Å². The van der Waals surface area contributed by atoms with Gasteiger partial charge in [-0.3, -0.25) is 0 Å². The van der Waals surface area contributed by atoms with Crippen molar-refractivity contribution < 1.29 is 4.42 Å². The Labute approximate surface area is 125 Å². The van der Waals surface area contributed by atoms with Crippen molar-refractivity contribution in [2.75, 3.05) is 12.3 Å². The van der Waals surface area contributed by atoms with Crippen LogP contribution < -0.4 is 5.32 Å². The second-order valence-electron chi connectivity index (χ2n) is 5.32. The average molecular weight is 287 g/mol. The van der Waals surface area contributed by atoms with E-state index in [9.17, 15) is 0 Å². The first kappa shape index (κ1) is 13.8. The number of hydrogen-bond acceptors (Lipinski definition) is 3. The first-order valence-corrected chi connectivity index (χ1v) is 8.33. The zero-order chi connectivity index (χ0) is 13.8. The highest BCUT2D eigenvalue weighted by atomic mass is 32.2. The molecule has 0 saturated heterocycles. The summed E-state index contributed by atoms with van der Waals surface area (Å²) in [6.45, 7) is 3.13. The maximum Gasteiger partial charge on any atom is 0.120 e. The molecule has 1 aromatic carbocycles. The molecule has 0 spiro atoms. The molecule has 0 fully saturated rings. The molecule has 1 unspecified atom stereocenters. The third-order valence-corrected chi connectivity index (χ3v) is 4.86. The largest absolute Gasteiger partial charge is 0.468 e. The lowest BCUT2D eigenvalue weighted by Gasteiger charge is -2.11. The van der Waals surface area contributed by atoms with Gasteiger partial charge in [-0.2, -0.15) is 0 Å². The van der Waals surface area contributed by atoms with Gasteiger partial charge in [0.1, 0.15) is 5.76 Å². The van der Waals surface area contributed by atoms with Crippen LogP contribution in [0, 0.1) is 0 Å². The Morgan fingerprint density at radius 3 is 3.00 bits per heavy atom. The standard InChI is InChI=1S/C17H21NOS/c1-13(17-6-3-10-19-17)18-9-11-20-16-8-7-14-4-2-5-15(14)12-16/h3,6-8,10,12-13,18H,2,4-5,9,11H2,1H3. The van der Waals surface area contributed by atoms with Gasteiger partial charge in [-0.15, -0.1) is 11.8 Å². The first-order valence-electron chi connectivity index (χ1n) is 7.34. The maximum atomic E-state index is 5.39. The van der Waals surface area contributed by atoms with Crippen LogP contribution >= 0.6 is 11.8 Å². The third-order valence-electron chi connectivity index (χ3n) is 3.86. The summed E-state index contributed by atoms with van der Waals surface area (Å²) in [5.41, 5.74) is 3.12. The molecule has 0 aliphatic heterocycles. The number of aryl methyl sites for hydroxylation is 2. The van der Waals surface area contributed by atoms with Crippen molar-refractivity contribution >= 4 is 11.8 Å². The molecule has 0 amide bonds. The molecule has 2 aromatic rings. The molecule has 0 saturated carbocycles. The summed E-state index contributed by atoms with van der Waals surface area (Å²) in [5, 5.41) is 3.49. The molecule has 1 aromatic heterocycles. The molecule has 1 heterocycles. The van der Waals surface area contributed by atoms with Crippen LogP contribution in [0.25, 0.3) is 0 Å². The average Bonchev–Trinajstić information content (AvgIpc) is 3.13. The van der Waals surface area contributed by atoms with E-state index < -0.39 is 0 Å². The van der Waals surface area contributed by atoms with Gasteiger partial charge in [0.2, 0.25) is 0 Å². The van der Waals surface area contributed by atoms with Crippen LogP contribution in [0.1, 0.15) is 36.3 Å². The van der Waals surface area contributed by atoms with Crippen LogP contribution in [0.15, 0.2) is 45.9 Å². The van der Waals surface area contributed by atoms with Gasteiger partial charge in [-0.1, -0.05) is 6.07 Å². The van der Waals surface area contributed by atoms with Crippen LogP contribution in [0.4, 0.5) is 0 Å². The summed E-state index contributed by atoms with van der Waals surface area (Å²) in [6, 6.07) is 11.2. The van der Waals surface area contributed by atoms with Crippen molar-refractivity contribution in [2.45, 2.75) is 37.1 Å². The molecule has 2 nitrogen and oxygen atoms in total. The molecule has 106 valence electrons.